The van der Waals surface area contributed by atoms with Gasteiger partial charge in [0.2, 0.25) is 0 Å². The minimum atomic E-state index is 0.501. The Morgan fingerprint density at radius 3 is 2.86 bits per heavy atom. The number of hydrogen-bond acceptors (Lipinski definition) is 3. The molecule has 1 fully saturated rings. The van der Waals surface area contributed by atoms with E-state index in [1.54, 1.807) is 0 Å². The highest BCUT2D eigenvalue weighted by Gasteiger charge is 2.27. The van der Waals surface area contributed by atoms with Crippen LogP contribution in [-0.2, 0) is 6.42 Å². The lowest BCUT2D eigenvalue weighted by atomic mass is 9.81. The maximum absolute atomic E-state index is 6.12. The molecule has 22 heavy (non-hydrogen) atoms. The van der Waals surface area contributed by atoms with Crippen LogP contribution in [0.5, 0.6) is 5.75 Å². The quantitative estimate of drug-likeness (QED) is 0.918. The molecule has 0 unspecified atom stereocenters. The van der Waals surface area contributed by atoms with Crippen molar-refractivity contribution in [2.45, 2.75) is 25.7 Å². The molecule has 0 amide bonds. The highest BCUT2D eigenvalue weighted by molar-refractivity contribution is 5.27. The van der Waals surface area contributed by atoms with Crippen molar-refractivity contribution >= 4 is 0 Å². The normalized spacial score (nSPS) is 21.5. The second-order valence-corrected chi connectivity index (χ2v) is 5.88. The summed E-state index contributed by atoms with van der Waals surface area (Å²) in [6, 6.07) is 14.8. The van der Waals surface area contributed by atoms with Crippen molar-refractivity contribution in [3.63, 3.8) is 0 Å². The van der Waals surface area contributed by atoms with Gasteiger partial charge in [-0.2, -0.15) is 0 Å². The van der Waals surface area contributed by atoms with Crippen molar-refractivity contribution in [2.75, 3.05) is 19.7 Å². The molecule has 0 bridgehead atoms. The zero-order chi connectivity index (χ0) is 15.2. The Morgan fingerprint density at radius 1 is 1.18 bits per heavy atom. The van der Waals surface area contributed by atoms with Crippen molar-refractivity contribution in [3.05, 3.63) is 59.9 Å². The third-order valence-corrected chi connectivity index (χ3v) is 4.47. The van der Waals surface area contributed by atoms with Gasteiger partial charge in [-0.3, -0.25) is 4.98 Å². The Bertz CT molecular complexity index is 585. The summed E-state index contributed by atoms with van der Waals surface area (Å²) in [4.78, 5) is 4.40. The summed E-state index contributed by atoms with van der Waals surface area (Å²) in [7, 11) is 0. The molecule has 1 aromatic heterocycles. The molecule has 1 N–H and O–H groups in total. The van der Waals surface area contributed by atoms with E-state index >= 15 is 0 Å². The third kappa shape index (κ3) is 3.47. The van der Waals surface area contributed by atoms with E-state index in [2.05, 4.69) is 47.6 Å². The maximum atomic E-state index is 6.12. The maximum Gasteiger partial charge on any atom is 0.140 e. The monoisotopic (exact) mass is 296 g/mol. The van der Waals surface area contributed by atoms with Gasteiger partial charge < -0.3 is 10.1 Å². The number of rotatable bonds is 5. The molecule has 2 atom stereocenters. The Balaban J connectivity index is 1.69. The molecule has 1 aliphatic rings. The van der Waals surface area contributed by atoms with Gasteiger partial charge in [0.1, 0.15) is 5.75 Å². The van der Waals surface area contributed by atoms with Crippen LogP contribution >= 0.6 is 0 Å². The summed E-state index contributed by atoms with van der Waals surface area (Å²) in [5.41, 5.74) is 2.47. The van der Waals surface area contributed by atoms with Crippen molar-refractivity contribution in [2.24, 2.45) is 5.92 Å². The van der Waals surface area contributed by atoms with Crippen molar-refractivity contribution < 1.29 is 4.74 Å². The van der Waals surface area contributed by atoms with E-state index < -0.39 is 0 Å². The highest BCUT2D eigenvalue weighted by atomic mass is 16.5. The van der Waals surface area contributed by atoms with Crippen LogP contribution in [-0.4, -0.2) is 24.7 Å². The van der Waals surface area contributed by atoms with E-state index in [0.29, 0.717) is 11.8 Å². The van der Waals surface area contributed by atoms with Gasteiger partial charge in [-0.25, -0.2) is 0 Å². The molecule has 3 nitrogen and oxygen atoms in total. The number of aryl methyl sites for hydroxylation is 1. The molecule has 0 radical (unpaired) electrons. The second-order valence-electron chi connectivity index (χ2n) is 5.88. The van der Waals surface area contributed by atoms with Gasteiger partial charge in [-0.1, -0.05) is 37.3 Å². The van der Waals surface area contributed by atoms with E-state index in [9.17, 15) is 0 Å². The molecule has 2 aromatic rings. The van der Waals surface area contributed by atoms with Gasteiger partial charge in [0, 0.05) is 18.7 Å². The number of nitrogens with zero attached hydrogens (tertiary/aromatic N) is 1. The van der Waals surface area contributed by atoms with Gasteiger partial charge in [-0.15, -0.1) is 0 Å². The first-order valence-electron chi connectivity index (χ1n) is 8.21. The van der Waals surface area contributed by atoms with Crippen molar-refractivity contribution in [1.82, 2.24) is 10.3 Å². The van der Waals surface area contributed by atoms with Gasteiger partial charge in [0.15, 0.2) is 0 Å². The first kappa shape index (κ1) is 15.0. The van der Waals surface area contributed by atoms with E-state index in [4.69, 9.17) is 4.74 Å². The predicted octanol–water partition coefficient (Wildman–Crippen LogP) is 3.42. The van der Waals surface area contributed by atoms with Gasteiger partial charge in [-0.05, 0) is 43.0 Å². The lowest BCUT2D eigenvalue weighted by molar-refractivity contribution is 0.195. The van der Waals surface area contributed by atoms with Crippen LogP contribution in [0.4, 0.5) is 0 Å². The lowest BCUT2D eigenvalue weighted by Crippen LogP contribution is -2.38. The molecule has 1 aliphatic heterocycles. The number of nitrogens with one attached hydrogen (secondary N) is 1. The van der Waals surface area contributed by atoms with Crippen molar-refractivity contribution in [1.29, 1.82) is 0 Å². The van der Waals surface area contributed by atoms with Crippen LogP contribution < -0.4 is 10.1 Å². The first-order valence-corrected chi connectivity index (χ1v) is 8.21. The van der Waals surface area contributed by atoms with Crippen LogP contribution in [0.15, 0.2) is 48.7 Å². The summed E-state index contributed by atoms with van der Waals surface area (Å²) in [5, 5.41) is 3.50. The molecule has 1 aromatic carbocycles. The smallest absolute Gasteiger partial charge is 0.140 e. The third-order valence-electron chi connectivity index (χ3n) is 4.47. The summed E-state index contributed by atoms with van der Waals surface area (Å²) in [5.74, 6) is 2.01. The zero-order valence-corrected chi connectivity index (χ0v) is 13.2. The number of pyridine rings is 1. The molecule has 0 spiro atoms. The Hall–Kier alpha value is -1.87. The molecule has 3 heteroatoms. The number of benzene rings is 1. The van der Waals surface area contributed by atoms with Crippen LogP contribution in [0.3, 0.4) is 0 Å². The Labute approximate surface area is 132 Å². The molecular formula is C19H24N2O. The van der Waals surface area contributed by atoms with Crippen LogP contribution in [0.2, 0.25) is 0 Å². The fourth-order valence-electron chi connectivity index (χ4n) is 3.25. The molecule has 116 valence electrons. The highest BCUT2D eigenvalue weighted by Crippen LogP contribution is 2.31. The molecule has 0 saturated carbocycles. The standard InChI is InChI=1S/C19H24N2O/c1-2-18-19(9-6-11-21-18)22-14-16-13-20-12-10-17(16)15-7-4-3-5-8-15/h3-9,11,16-17,20H,2,10,12-14H2,1H3/t16-,17-/m1/s1. The number of aromatic nitrogens is 1. The molecule has 3 rings (SSSR count). The van der Waals surface area contributed by atoms with Crippen LogP contribution in [0, 0.1) is 5.92 Å². The lowest BCUT2D eigenvalue weighted by Gasteiger charge is -2.32. The summed E-state index contributed by atoms with van der Waals surface area (Å²) < 4.78 is 6.12. The SMILES string of the molecule is CCc1ncccc1OC[C@H]1CNCC[C@@H]1c1ccccc1. The summed E-state index contributed by atoms with van der Waals surface area (Å²) >= 11 is 0. The fourth-order valence-corrected chi connectivity index (χ4v) is 3.25. The Kier molecular flexibility index (Phi) is 5.07. The predicted molar refractivity (Wildman–Crippen MR) is 89.3 cm³/mol. The minimum absolute atomic E-state index is 0.501. The zero-order valence-electron chi connectivity index (χ0n) is 13.2. The van der Waals surface area contributed by atoms with Gasteiger partial charge >= 0.3 is 0 Å². The van der Waals surface area contributed by atoms with E-state index in [-0.39, 0.29) is 0 Å². The van der Waals surface area contributed by atoms with E-state index in [1.165, 1.54) is 12.0 Å². The average Bonchev–Trinajstić information content (AvgIpc) is 2.61. The molecule has 2 heterocycles. The molecule has 0 aliphatic carbocycles. The second kappa shape index (κ2) is 7.41. The minimum Gasteiger partial charge on any atom is -0.491 e. The Morgan fingerprint density at radius 2 is 2.05 bits per heavy atom. The van der Waals surface area contributed by atoms with E-state index in [0.717, 1.165) is 37.6 Å². The summed E-state index contributed by atoms with van der Waals surface area (Å²) in [6.07, 6.45) is 3.91. The van der Waals surface area contributed by atoms with E-state index in [1.807, 2.05) is 18.3 Å². The topological polar surface area (TPSA) is 34.1 Å². The van der Waals surface area contributed by atoms with Gasteiger partial charge in [0.05, 0.1) is 12.3 Å². The number of ether oxygens (including phenoxy) is 1. The first-order chi connectivity index (χ1) is 10.9. The largest absolute Gasteiger partial charge is 0.491 e. The molecule has 1 saturated heterocycles. The fraction of sp³-hybridized carbons (Fsp3) is 0.421. The van der Waals surface area contributed by atoms with Crippen LogP contribution in [0.1, 0.15) is 30.5 Å². The summed E-state index contributed by atoms with van der Waals surface area (Å²) in [6.45, 7) is 4.96. The number of piperidine rings is 1. The van der Waals surface area contributed by atoms with Crippen LogP contribution in [0.25, 0.3) is 0 Å². The van der Waals surface area contributed by atoms with Crippen molar-refractivity contribution in [3.8, 4) is 5.75 Å². The number of hydrogen-bond donors (Lipinski definition) is 1. The molecular weight excluding hydrogens is 272 g/mol. The van der Waals surface area contributed by atoms with Gasteiger partial charge in [0.25, 0.3) is 0 Å². The average molecular weight is 296 g/mol.